The number of thiocarbonyl (C=S) groups is 1. The molecule has 0 radical (unpaired) electrons. The fraction of sp³-hybridized carbons (Fsp3) is 0.133. The van der Waals surface area contributed by atoms with Crippen molar-refractivity contribution in [3.63, 3.8) is 0 Å². The van der Waals surface area contributed by atoms with Crippen LogP contribution in [0.1, 0.15) is 34.0 Å². The number of ether oxygens (including phenoxy) is 2. The Morgan fingerprint density at radius 1 is 1.14 bits per heavy atom. The molecule has 1 aliphatic rings. The number of hydrogen-bond donors (Lipinski definition) is 2. The molecule has 12 heteroatoms. The minimum absolute atomic E-state index is 0.0336. The van der Waals surface area contributed by atoms with E-state index in [0.717, 1.165) is 4.90 Å². The van der Waals surface area contributed by atoms with Crippen LogP contribution in [-0.2, 0) is 22.6 Å². The zero-order valence-electron chi connectivity index (χ0n) is 22.4. The Morgan fingerprint density at radius 3 is 2.52 bits per heavy atom. The summed E-state index contributed by atoms with van der Waals surface area (Å²) in [5, 5.41) is 22.6. The van der Waals surface area contributed by atoms with Gasteiger partial charge in [0.1, 0.15) is 12.2 Å². The lowest BCUT2D eigenvalue weighted by molar-refractivity contribution is -0.384. The topological polar surface area (TPSA) is 148 Å². The van der Waals surface area contributed by atoms with Crippen LogP contribution in [0.4, 0.5) is 11.4 Å². The molecule has 0 spiro atoms. The number of amides is 2. The minimum Gasteiger partial charge on any atom is -0.490 e. The molecule has 1 aliphatic heterocycles. The Balaban J connectivity index is 1.70. The fourth-order valence-corrected chi connectivity index (χ4v) is 4.49. The van der Waals surface area contributed by atoms with Gasteiger partial charge in [0.15, 0.2) is 16.6 Å². The van der Waals surface area contributed by atoms with Gasteiger partial charge < -0.3 is 14.6 Å². The number of benzene rings is 3. The lowest BCUT2D eigenvalue weighted by Crippen LogP contribution is -2.54. The fourth-order valence-electron chi connectivity index (χ4n) is 4.21. The number of rotatable bonds is 11. The summed E-state index contributed by atoms with van der Waals surface area (Å²) < 4.78 is 11.9. The van der Waals surface area contributed by atoms with Crippen molar-refractivity contribution in [1.82, 2.24) is 5.32 Å². The third-order valence-electron chi connectivity index (χ3n) is 6.11. The molecule has 1 heterocycles. The summed E-state index contributed by atoms with van der Waals surface area (Å²) in [5.41, 5.74) is 1.70. The number of allylic oxidation sites excluding steroid dienone is 1. The average molecular weight is 588 g/mol. The van der Waals surface area contributed by atoms with Gasteiger partial charge in [0.05, 0.1) is 22.8 Å². The highest BCUT2D eigenvalue weighted by atomic mass is 32.1. The summed E-state index contributed by atoms with van der Waals surface area (Å²) >= 11 is 5.22. The number of hydrogen-bond acceptors (Lipinski definition) is 8. The average Bonchev–Trinajstić information content (AvgIpc) is 2.95. The predicted octanol–water partition coefficient (Wildman–Crippen LogP) is 4.83. The molecule has 0 unspecified atom stereocenters. The lowest BCUT2D eigenvalue weighted by Gasteiger charge is -2.29. The molecule has 11 nitrogen and oxygen atoms in total. The van der Waals surface area contributed by atoms with E-state index in [0.29, 0.717) is 41.2 Å². The Morgan fingerprint density at radius 2 is 1.88 bits per heavy atom. The van der Waals surface area contributed by atoms with Crippen molar-refractivity contribution < 1.29 is 33.9 Å². The number of non-ortho nitro benzene ring substituents is 1. The van der Waals surface area contributed by atoms with Gasteiger partial charge in [-0.3, -0.25) is 29.9 Å². The van der Waals surface area contributed by atoms with Crippen LogP contribution in [0, 0.1) is 10.1 Å². The van der Waals surface area contributed by atoms with Gasteiger partial charge in [-0.15, -0.1) is 6.58 Å². The number of nitrogens with one attached hydrogen (secondary N) is 1. The summed E-state index contributed by atoms with van der Waals surface area (Å²) in [6.45, 7) is 5.99. The Kier molecular flexibility index (Phi) is 9.08. The largest absolute Gasteiger partial charge is 0.490 e. The van der Waals surface area contributed by atoms with Crippen LogP contribution < -0.4 is 19.7 Å². The van der Waals surface area contributed by atoms with E-state index in [1.54, 1.807) is 37.3 Å². The maximum atomic E-state index is 13.5. The molecule has 0 aliphatic carbocycles. The van der Waals surface area contributed by atoms with E-state index >= 15 is 0 Å². The lowest BCUT2D eigenvalue weighted by atomic mass is 10.0. The molecule has 1 fully saturated rings. The molecular weight excluding hydrogens is 562 g/mol. The van der Waals surface area contributed by atoms with Gasteiger partial charge in [-0.2, -0.15) is 0 Å². The van der Waals surface area contributed by atoms with Crippen LogP contribution in [0.15, 0.2) is 78.9 Å². The molecule has 2 amide bonds. The van der Waals surface area contributed by atoms with Crippen LogP contribution in [-0.4, -0.2) is 39.5 Å². The first-order chi connectivity index (χ1) is 20.1. The monoisotopic (exact) mass is 587 g/mol. The van der Waals surface area contributed by atoms with Crippen LogP contribution in [0.3, 0.4) is 0 Å². The maximum Gasteiger partial charge on any atom is 0.335 e. The first kappa shape index (κ1) is 29.6. The molecule has 0 saturated carbocycles. The standard InChI is InChI=1S/C30H25N3O8S/c1-3-6-20-13-19(15-25(40-4-2)26(20)41-17-18-9-11-22(12-10-18)33(38)39)14-24-27(34)31-30(42)32(28(24)35)23-8-5-7-21(16-23)29(36)37/h3,5,7-16H,1,4,6,17H2,2H3,(H,36,37)(H,31,34,42). The van der Waals surface area contributed by atoms with E-state index < -0.39 is 22.7 Å². The number of carboxylic acid groups (broad SMARTS) is 1. The van der Waals surface area contributed by atoms with E-state index in [9.17, 15) is 29.6 Å². The number of nitrogens with zero attached hydrogens (tertiary/aromatic N) is 2. The highest BCUT2D eigenvalue weighted by Crippen LogP contribution is 2.36. The van der Waals surface area contributed by atoms with Gasteiger partial charge in [-0.25, -0.2) is 4.79 Å². The van der Waals surface area contributed by atoms with Crippen molar-refractivity contribution in [1.29, 1.82) is 0 Å². The van der Waals surface area contributed by atoms with Crippen LogP contribution in [0.2, 0.25) is 0 Å². The SMILES string of the molecule is C=CCc1cc(C=C2C(=O)NC(=S)N(c3cccc(C(=O)O)c3)C2=O)cc(OCC)c1OCc1ccc([N+](=O)[O-])cc1. The van der Waals surface area contributed by atoms with Crippen molar-refractivity contribution in [2.24, 2.45) is 0 Å². The molecule has 1 saturated heterocycles. The second-order valence-corrected chi connectivity index (χ2v) is 9.35. The predicted molar refractivity (Wildman–Crippen MR) is 159 cm³/mol. The number of aromatic carboxylic acids is 1. The first-order valence-corrected chi connectivity index (χ1v) is 13.0. The van der Waals surface area contributed by atoms with Gasteiger partial charge >= 0.3 is 5.97 Å². The summed E-state index contributed by atoms with van der Waals surface area (Å²) in [4.78, 5) is 49.3. The zero-order chi connectivity index (χ0) is 30.4. The Hall–Kier alpha value is -5.36. The van der Waals surface area contributed by atoms with Gasteiger partial charge in [-0.1, -0.05) is 12.1 Å². The third kappa shape index (κ3) is 6.50. The molecule has 0 bridgehead atoms. The number of carbonyl (C=O) groups excluding carboxylic acids is 2. The van der Waals surface area contributed by atoms with Crippen LogP contribution in [0.25, 0.3) is 6.08 Å². The summed E-state index contributed by atoms with van der Waals surface area (Å²) in [7, 11) is 0. The van der Waals surface area contributed by atoms with Crippen molar-refractivity contribution in [3.8, 4) is 11.5 Å². The van der Waals surface area contributed by atoms with Crippen molar-refractivity contribution in [3.05, 3.63) is 111 Å². The van der Waals surface area contributed by atoms with Gasteiger partial charge in [0.2, 0.25) is 0 Å². The number of carboxylic acids is 1. The molecular formula is C30H25N3O8S. The maximum absolute atomic E-state index is 13.5. The molecule has 3 aromatic rings. The second-order valence-electron chi connectivity index (χ2n) is 8.96. The van der Waals surface area contributed by atoms with Gasteiger partial charge in [0.25, 0.3) is 17.5 Å². The number of nitro groups is 1. The van der Waals surface area contributed by atoms with Crippen molar-refractivity contribution >= 4 is 52.6 Å². The molecule has 0 atom stereocenters. The summed E-state index contributed by atoms with van der Waals surface area (Å²) in [6.07, 6.45) is 3.42. The molecule has 3 aromatic carbocycles. The Bertz CT molecular complexity index is 1630. The molecule has 0 aromatic heterocycles. The van der Waals surface area contributed by atoms with E-state index in [1.807, 2.05) is 0 Å². The van der Waals surface area contributed by atoms with E-state index in [4.69, 9.17) is 21.7 Å². The number of carbonyl (C=O) groups is 3. The van der Waals surface area contributed by atoms with Crippen LogP contribution in [0.5, 0.6) is 11.5 Å². The summed E-state index contributed by atoms with van der Waals surface area (Å²) in [6, 6.07) is 15.0. The highest BCUT2D eigenvalue weighted by molar-refractivity contribution is 7.80. The van der Waals surface area contributed by atoms with Crippen molar-refractivity contribution in [2.75, 3.05) is 11.5 Å². The first-order valence-electron chi connectivity index (χ1n) is 12.6. The normalized spacial score (nSPS) is 14.0. The van der Waals surface area contributed by atoms with E-state index in [-0.39, 0.29) is 34.2 Å². The van der Waals surface area contributed by atoms with E-state index in [2.05, 4.69) is 11.9 Å². The van der Waals surface area contributed by atoms with Gasteiger partial charge in [-0.05, 0) is 85.2 Å². The Labute approximate surface area is 245 Å². The molecule has 42 heavy (non-hydrogen) atoms. The van der Waals surface area contributed by atoms with Crippen LogP contribution >= 0.6 is 12.2 Å². The molecule has 214 valence electrons. The number of anilines is 1. The molecule has 2 N–H and O–H groups in total. The van der Waals surface area contributed by atoms with Crippen molar-refractivity contribution in [2.45, 2.75) is 20.0 Å². The third-order valence-corrected chi connectivity index (χ3v) is 6.40. The molecule has 4 rings (SSSR count). The smallest absolute Gasteiger partial charge is 0.335 e. The zero-order valence-corrected chi connectivity index (χ0v) is 23.2. The summed E-state index contributed by atoms with van der Waals surface area (Å²) in [5.74, 6) is -1.84. The second kappa shape index (κ2) is 12.9. The van der Waals surface area contributed by atoms with E-state index in [1.165, 1.54) is 42.5 Å². The van der Waals surface area contributed by atoms with Gasteiger partial charge in [0, 0.05) is 17.7 Å². The number of nitro benzene ring substituents is 1. The highest BCUT2D eigenvalue weighted by Gasteiger charge is 2.35. The minimum atomic E-state index is -1.18. The quantitative estimate of drug-likeness (QED) is 0.0803.